The van der Waals surface area contributed by atoms with E-state index in [1.54, 1.807) is 48.5 Å². The van der Waals surface area contributed by atoms with Crippen molar-refractivity contribution >= 4 is 0 Å². The Kier molecular flexibility index (Phi) is 10.5. The number of aryl methyl sites for hydroxylation is 1. The topological polar surface area (TPSA) is 27.7 Å². The number of hydrogen-bond donors (Lipinski definition) is 0. The zero-order chi connectivity index (χ0) is 30.1. The lowest BCUT2D eigenvalue weighted by Crippen LogP contribution is -2.30. The molecule has 43 heavy (non-hydrogen) atoms. The molecule has 0 unspecified atom stereocenters. The summed E-state index contributed by atoms with van der Waals surface area (Å²) < 4.78 is 73.4. The summed E-state index contributed by atoms with van der Waals surface area (Å²) in [7, 11) is 0. The molecule has 1 fully saturated rings. The summed E-state index contributed by atoms with van der Waals surface area (Å²) in [5, 5.41) is 0. The third-order valence-electron chi connectivity index (χ3n) is 7.84. The molecule has 0 N–H and O–H groups in total. The molecule has 7 heteroatoms. The van der Waals surface area contributed by atoms with Gasteiger partial charge in [0.25, 0.3) is 0 Å². The van der Waals surface area contributed by atoms with E-state index in [4.69, 9.17) is 14.2 Å². The second-order valence-electron chi connectivity index (χ2n) is 10.9. The Labute approximate surface area is 250 Å². The molecule has 1 heterocycles. The van der Waals surface area contributed by atoms with Crippen molar-refractivity contribution < 1.29 is 31.8 Å². The van der Waals surface area contributed by atoms with Gasteiger partial charge in [-0.2, -0.15) is 0 Å². The van der Waals surface area contributed by atoms with Crippen LogP contribution in [0.15, 0.2) is 84.9 Å². The first-order valence-corrected chi connectivity index (χ1v) is 14.9. The molecule has 1 aliphatic heterocycles. The largest absolute Gasteiger partial charge is 0.493 e. The molecule has 0 atom stereocenters. The van der Waals surface area contributed by atoms with Gasteiger partial charge >= 0.3 is 0 Å². The maximum absolute atomic E-state index is 14.7. The molecule has 0 amide bonds. The van der Waals surface area contributed by atoms with Gasteiger partial charge in [-0.15, -0.1) is 0 Å². The van der Waals surface area contributed by atoms with E-state index < -0.39 is 11.6 Å². The number of ether oxygens (including phenoxy) is 3. The van der Waals surface area contributed by atoms with Crippen LogP contribution in [-0.4, -0.2) is 25.6 Å². The van der Waals surface area contributed by atoms with Gasteiger partial charge in [-0.1, -0.05) is 42.8 Å². The van der Waals surface area contributed by atoms with E-state index in [0.717, 1.165) is 56.9 Å². The molecule has 0 saturated carbocycles. The smallest absolute Gasteiger partial charge is 0.168 e. The lowest BCUT2D eigenvalue weighted by Gasteiger charge is -2.27. The van der Waals surface area contributed by atoms with Crippen molar-refractivity contribution in [2.45, 2.75) is 57.2 Å². The van der Waals surface area contributed by atoms with Gasteiger partial charge in [0, 0.05) is 30.0 Å². The second-order valence-corrected chi connectivity index (χ2v) is 10.9. The average molecular weight is 593 g/mol. The van der Waals surface area contributed by atoms with Gasteiger partial charge in [0.2, 0.25) is 0 Å². The maximum atomic E-state index is 14.7. The summed E-state index contributed by atoms with van der Waals surface area (Å²) in [6.45, 7) is 1.60. The minimum absolute atomic E-state index is 0.299. The molecule has 1 saturated heterocycles. The van der Waals surface area contributed by atoms with Crippen molar-refractivity contribution in [2.75, 3.05) is 19.8 Å². The van der Waals surface area contributed by atoms with Crippen molar-refractivity contribution in [3.05, 3.63) is 114 Å². The van der Waals surface area contributed by atoms with E-state index >= 15 is 0 Å². The molecule has 0 aromatic heterocycles. The molecule has 0 bridgehead atoms. The van der Waals surface area contributed by atoms with Crippen molar-refractivity contribution in [1.82, 2.24) is 0 Å². The number of unbranched alkanes of at least 4 members (excludes halogenated alkanes) is 3. The number of halogens is 4. The predicted octanol–water partition coefficient (Wildman–Crippen LogP) is 9.67. The van der Waals surface area contributed by atoms with Crippen LogP contribution < -0.4 is 4.74 Å². The second kappa shape index (κ2) is 14.7. The highest BCUT2D eigenvalue weighted by Gasteiger charge is 2.35. The summed E-state index contributed by atoms with van der Waals surface area (Å²) in [4.78, 5) is 0. The van der Waals surface area contributed by atoms with Crippen LogP contribution in [0.4, 0.5) is 17.6 Å². The van der Waals surface area contributed by atoms with Crippen molar-refractivity contribution in [1.29, 1.82) is 0 Å². The first-order chi connectivity index (χ1) is 20.9. The van der Waals surface area contributed by atoms with Gasteiger partial charge < -0.3 is 14.2 Å². The first-order valence-electron chi connectivity index (χ1n) is 14.9. The average Bonchev–Trinajstić information content (AvgIpc) is 3.47. The standard InChI is InChI=1S/C36H36F4O3/c37-29-12-8-27(9-13-29)32-17-7-26(24-34(32)39)6-2-1-3-19-36(42-22-23-43-36)20-4-5-21-41-31-16-18-33(35(40)25-31)28-10-14-30(38)15-11-28/h7-18,24-25H,1-6,19-23H2. The lowest BCUT2D eigenvalue weighted by atomic mass is 9.98. The van der Waals surface area contributed by atoms with Gasteiger partial charge in [0.1, 0.15) is 29.0 Å². The van der Waals surface area contributed by atoms with Crippen LogP contribution in [0.3, 0.4) is 0 Å². The number of rotatable bonds is 14. The zero-order valence-corrected chi connectivity index (χ0v) is 24.1. The maximum Gasteiger partial charge on any atom is 0.168 e. The molecule has 0 radical (unpaired) electrons. The summed E-state index contributed by atoms with van der Waals surface area (Å²) in [6.07, 6.45) is 6.77. The lowest BCUT2D eigenvalue weighted by molar-refractivity contribution is -0.168. The summed E-state index contributed by atoms with van der Waals surface area (Å²) in [5.41, 5.74) is 3.08. The van der Waals surface area contributed by atoms with E-state index in [-0.39, 0.29) is 17.5 Å². The molecule has 5 rings (SSSR count). The summed E-state index contributed by atoms with van der Waals surface area (Å²) in [5.74, 6) is -1.54. The van der Waals surface area contributed by atoms with E-state index in [9.17, 15) is 17.6 Å². The van der Waals surface area contributed by atoms with E-state index in [1.807, 2.05) is 6.07 Å². The molecule has 4 aromatic carbocycles. The third kappa shape index (κ3) is 8.46. The van der Waals surface area contributed by atoms with Crippen LogP contribution in [0.2, 0.25) is 0 Å². The summed E-state index contributed by atoms with van der Waals surface area (Å²) in [6, 6.07) is 21.5. The number of benzene rings is 4. The Morgan fingerprint density at radius 1 is 0.581 bits per heavy atom. The highest BCUT2D eigenvalue weighted by molar-refractivity contribution is 5.65. The molecule has 3 nitrogen and oxygen atoms in total. The molecule has 4 aromatic rings. The van der Waals surface area contributed by atoms with E-state index in [0.29, 0.717) is 47.8 Å². The SMILES string of the molecule is Fc1ccc(-c2ccc(CCCCCC3(CCCCOc4ccc(-c5ccc(F)cc5)c(F)c4)OCCO3)cc2F)cc1. The molecule has 0 spiro atoms. The monoisotopic (exact) mass is 592 g/mol. The van der Waals surface area contributed by atoms with Crippen LogP contribution >= 0.6 is 0 Å². The fourth-order valence-corrected chi connectivity index (χ4v) is 5.52. The fourth-order valence-electron chi connectivity index (χ4n) is 5.52. The van der Waals surface area contributed by atoms with Crippen LogP contribution in [0.5, 0.6) is 5.75 Å². The van der Waals surface area contributed by atoms with Gasteiger partial charge in [0.05, 0.1) is 19.8 Å². The molecule has 226 valence electrons. The Hall–Kier alpha value is -3.68. The minimum Gasteiger partial charge on any atom is -0.493 e. The Bertz CT molecular complexity index is 1360. The highest BCUT2D eigenvalue weighted by Crippen LogP contribution is 2.32. The van der Waals surface area contributed by atoms with Gasteiger partial charge in [-0.05, 0) is 91.3 Å². The van der Waals surface area contributed by atoms with Crippen LogP contribution in [-0.2, 0) is 15.9 Å². The third-order valence-corrected chi connectivity index (χ3v) is 7.84. The number of hydrogen-bond acceptors (Lipinski definition) is 3. The molecule has 0 aliphatic carbocycles. The van der Waals surface area contributed by atoms with E-state index in [1.165, 1.54) is 30.3 Å². The minimum atomic E-state index is -0.578. The van der Waals surface area contributed by atoms with Gasteiger partial charge in [-0.25, -0.2) is 17.6 Å². The zero-order valence-electron chi connectivity index (χ0n) is 24.1. The molecular weight excluding hydrogens is 556 g/mol. The Morgan fingerprint density at radius 3 is 1.72 bits per heavy atom. The quantitative estimate of drug-likeness (QED) is 0.108. The Balaban J connectivity index is 1.01. The van der Waals surface area contributed by atoms with Gasteiger partial charge in [0.15, 0.2) is 5.79 Å². The molecular formula is C36H36F4O3. The van der Waals surface area contributed by atoms with Crippen molar-refractivity contribution in [3.8, 4) is 28.0 Å². The van der Waals surface area contributed by atoms with Gasteiger partial charge in [-0.3, -0.25) is 0 Å². The van der Waals surface area contributed by atoms with Crippen LogP contribution in [0, 0.1) is 23.3 Å². The Morgan fingerprint density at radius 2 is 1.14 bits per heavy atom. The molecule has 1 aliphatic rings. The highest BCUT2D eigenvalue weighted by atomic mass is 19.1. The van der Waals surface area contributed by atoms with Crippen molar-refractivity contribution in [2.24, 2.45) is 0 Å². The predicted molar refractivity (Wildman–Crippen MR) is 160 cm³/mol. The van der Waals surface area contributed by atoms with Crippen LogP contribution in [0.25, 0.3) is 22.3 Å². The van der Waals surface area contributed by atoms with E-state index in [2.05, 4.69) is 0 Å². The summed E-state index contributed by atoms with van der Waals surface area (Å²) >= 11 is 0. The normalized spacial score (nSPS) is 14.2. The van der Waals surface area contributed by atoms with Crippen LogP contribution in [0.1, 0.15) is 50.5 Å². The fraction of sp³-hybridized carbons (Fsp3) is 0.333. The first kappa shape index (κ1) is 30.8. The van der Waals surface area contributed by atoms with Crippen molar-refractivity contribution in [3.63, 3.8) is 0 Å².